The van der Waals surface area contributed by atoms with Gasteiger partial charge in [-0.2, -0.15) is 0 Å². The van der Waals surface area contributed by atoms with E-state index in [2.05, 4.69) is 5.32 Å². The van der Waals surface area contributed by atoms with Crippen LogP contribution in [0, 0.1) is 6.92 Å². The molecule has 2 aromatic rings. The maximum absolute atomic E-state index is 13.2. The minimum absolute atomic E-state index is 0.00169. The highest BCUT2D eigenvalue weighted by atomic mass is 16.4. The summed E-state index contributed by atoms with van der Waals surface area (Å²) in [6.45, 7) is 4.23. The number of pyridine rings is 1. The van der Waals surface area contributed by atoms with E-state index < -0.39 is 17.4 Å². The van der Waals surface area contributed by atoms with Crippen LogP contribution in [0.3, 0.4) is 0 Å². The molecule has 2 N–H and O–H groups in total. The van der Waals surface area contributed by atoms with Gasteiger partial charge in [-0.05, 0) is 43.4 Å². The monoisotopic (exact) mass is 396 g/mol. The van der Waals surface area contributed by atoms with Crippen LogP contribution in [-0.2, 0) is 17.8 Å². The number of carboxylic acid groups (broad SMARTS) is 1. The standard InChI is InChI=1S/C23H28N2O4/c1-3-19-16(2)14-18(21(27)25(19)15-17-10-6-4-7-11-17)20(26)24-23(22(28)29)12-8-5-9-13-23/h4,6-7,10-11,14H,3,5,8-9,12-13,15H2,1-2H3,(H,24,26)(H,28,29). The summed E-state index contributed by atoms with van der Waals surface area (Å²) in [5.74, 6) is -1.64. The first-order valence-corrected chi connectivity index (χ1v) is 10.2. The van der Waals surface area contributed by atoms with Crippen molar-refractivity contribution in [3.8, 4) is 0 Å². The Bertz CT molecular complexity index is 957. The number of amides is 1. The number of carbonyl (C=O) groups excluding carboxylic acids is 1. The van der Waals surface area contributed by atoms with Crippen molar-refractivity contribution in [3.63, 3.8) is 0 Å². The second kappa shape index (κ2) is 8.64. The molecular formula is C23H28N2O4. The lowest BCUT2D eigenvalue weighted by Crippen LogP contribution is -2.56. The van der Waals surface area contributed by atoms with Crippen molar-refractivity contribution in [1.29, 1.82) is 0 Å². The van der Waals surface area contributed by atoms with E-state index in [9.17, 15) is 19.5 Å². The van der Waals surface area contributed by atoms with Crippen LogP contribution >= 0.6 is 0 Å². The van der Waals surface area contributed by atoms with E-state index in [-0.39, 0.29) is 11.1 Å². The van der Waals surface area contributed by atoms with E-state index in [4.69, 9.17) is 0 Å². The number of nitrogens with one attached hydrogen (secondary N) is 1. The molecule has 0 aliphatic heterocycles. The number of carboxylic acids is 1. The summed E-state index contributed by atoms with van der Waals surface area (Å²) in [6.07, 6.45) is 3.89. The topological polar surface area (TPSA) is 88.4 Å². The van der Waals surface area contributed by atoms with Crippen molar-refractivity contribution >= 4 is 11.9 Å². The number of rotatable bonds is 6. The van der Waals surface area contributed by atoms with Gasteiger partial charge in [0.25, 0.3) is 11.5 Å². The van der Waals surface area contributed by atoms with Gasteiger partial charge in [0.15, 0.2) is 0 Å². The van der Waals surface area contributed by atoms with Crippen LogP contribution in [0.4, 0.5) is 0 Å². The second-order valence-electron chi connectivity index (χ2n) is 7.82. The summed E-state index contributed by atoms with van der Waals surface area (Å²) in [7, 11) is 0. The van der Waals surface area contributed by atoms with Crippen LogP contribution in [0.25, 0.3) is 0 Å². The largest absolute Gasteiger partial charge is 0.480 e. The summed E-state index contributed by atoms with van der Waals surface area (Å²) in [4.78, 5) is 38.1. The predicted octanol–water partition coefficient (Wildman–Crippen LogP) is 3.28. The number of aryl methyl sites for hydroxylation is 1. The second-order valence-corrected chi connectivity index (χ2v) is 7.82. The molecule has 0 saturated heterocycles. The van der Waals surface area contributed by atoms with Gasteiger partial charge in [0.2, 0.25) is 0 Å². The molecule has 1 heterocycles. The Labute approximate surface area is 170 Å². The average molecular weight is 396 g/mol. The van der Waals surface area contributed by atoms with E-state index in [1.165, 1.54) is 0 Å². The van der Waals surface area contributed by atoms with Crippen molar-refractivity contribution < 1.29 is 14.7 Å². The normalized spacial score (nSPS) is 15.7. The van der Waals surface area contributed by atoms with Gasteiger partial charge in [0.05, 0.1) is 6.54 Å². The predicted molar refractivity (Wildman–Crippen MR) is 111 cm³/mol. The van der Waals surface area contributed by atoms with Crippen molar-refractivity contribution in [2.45, 2.75) is 64.5 Å². The summed E-state index contributed by atoms with van der Waals surface area (Å²) < 4.78 is 1.63. The Hall–Kier alpha value is -2.89. The van der Waals surface area contributed by atoms with Crippen molar-refractivity contribution in [3.05, 3.63) is 69.1 Å². The summed E-state index contributed by atoms with van der Waals surface area (Å²) in [5, 5.41) is 12.4. The highest BCUT2D eigenvalue weighted by molar-refractivity contribution is 5.97. The van der Waals surface area contributed by atoms with Gasteiger partial charge in [0, 0.05) is 5.69 Å². The summed E-state index contributed by atoms with van der Waals surface area (Å²) in [6, 6.07) is 11.2. The SMILES string of the molecule is CCc1c(C)cc(C(=O)NC2(C(=O)O)CCCCC2)c(=O)n1Cc1ccccc1. The van der Waals surface area contributed by atoms with Gasteiger partial charge in [0.1, 0.15) is 11.1 Å². The van der Waals surface area contributed by atoms with E-state index in [0.29, 0.717) is 25.8 Å². The van der Waals surface area contributed by atoms with E-state index in [1.807, 2.05) is 44.2 Å². The van der Waals surface area contributed by atoms with Crippen LogP contribution in [0.5, 0.6) is 0 Å². The summed E-state index contributed by atoms with van der Waals surface area (Å²) >= 11 is 0. The van der Waals surface area contributed by atoms with Crippen molar-refractivity contribution in [2.75, 3.05) is 0 Å². The molecule has 1 aromatic heterocycles. The molecule has 3 rings (SSSR count). The number of hydrogen-bond acceptors (Lipinski definition) is 3. The first-order valence-electron chi connectivity index (χ1n) is 10.2. The molecule has 154 valence electrons. The Kier molecular flexibility index (Phi) is 6.20. The van der Waals surface area contributed by atoms with Gasteiger partial charge >= 0.3 is 5.97 Å². The molecule has 1 amide bonds. The Balaban J connectivity index is 2.00. The van der Waals surface area contributed by atoms with Crippen molar-refractivity contribution in [1.82, 2.24) is 9.88 Å². The lowest BCUT2D eigenvalue weighted by molar-refractivity contribution is -0.145. The molecule has 0 atom stereocenters. The van der Waals surface area contributed by atoms with Gasteiger partial charge in [-0.3, -0.25) is 9.59 Å². The summed E-state index contributed by atoms with van der Waals surface area (Å²) in [5.41, 5.74) is 1.02. The molecule has 0 unspecified atom stereocenters. The zero-order chi connectivity index (χ0) is 21.0. The zero-order valence-electron chi connectivity index (χ0n) is 17.0. The molecule has 1 aliphatic rings. The minimum Gasteiger partial charge on any atom is -0.480 e. The Morgan fingerprint density at radius 1 is 1.14 bits per heavy atom. The lowest BCUT2D eigenvalue weighted by Gasteiger charge is -2.34. The third kappa shape index (κ3) is 4.26. The smallest absolute Gasteiger partial charge is 0.329 e. The Morgan fingerprint density at radius 3 is 2.38 bits per heavy atom. The average Bonchev–Trinajstić information content (AvgIpc) is 2.72. The molecule has 6 nitrogen and oxygen atoms in total. The fourth-order valence-electron chi connectivity index (χ4n) is 4.24. The quantitative estimate of drug-likeness (QED) is 0.784. The van der Waals surface area contributed by atoms with Crippen LogP contribution in [-0.4, -0.2) is 27.1 Å². The van der Waals surface area contributed by atoms with Crippen LogP contribution in [0.1, 0.15) is 66.2 Å². The van der Waals surface area contributed by atoms with E-state index >= 15 is 0 Å². The first-order chi connectivity index (χ1) is 13.9. The highest BCUT2D eigenvalue weighted by Gasteiger charge is 2.41. The maximum Gasteiger partial charge on any atom is 0.329 e. The molecule has 1 fully saturated rings. The molecule has 1 aliphatic carbocycles. The number of nitrogens with zero attached hydrogens (tertiary/aromatic N) is 1. The molecular weight excluding hydrogens is 368 g/mol. The fraction of sp³-hybridized carbons (Fsp3) is 0.435. The van der Waals surface area contributed by atoms with Crippen molar-refractivity contribution in [2.24, 2.45) is 0 Å². The fourth-order valence-corrected chi connectivity index (χ4v) is 4.24. The number of benzene rings is 1. The van der Waals surface area contributed by atoms with E-state index in [1.54, 1.807) is 10.6 Å². The molecule has 29 heavy (non-hydrogen) atoms. The third-order valence-corrected chi connectivity index (χ3v) is 5.85. The molecule has 0 spiro atoms. The first kappa shape index (κ1) is 20.8. The molecule has 0 radical (unpaired) electrons. The van der Waals surface area contributed by atoms with Gasteiger partial charge < -0.3 is 15.0 Å². The maximum atomic E-state index is 13.2. The number of aromatic nitrogens is 1. The minimum atomic E-state index is -1.29. The molecule has 1 aromatic carbocycles. The number of hydrogen-bond donors (Lipinski definition) is 2. The highest BCUT2D eigenvalue weighted by Crippen LogP contribution is 2.29. The number of carbonyl (C=O) groups is 2. The molecule has 6 heteroatoms. The van der Waals surface area contributed by atoms with E-state index in [0.717, 1.165) is 36.1 Å². The van der Waals surface area contributed by atoms with Gasteiger partial charge in [-0.1, -0.05) is 56.5 Å². The zero-order valence-corrected chi connectivity index (χ0v) is 17.0. The van der Waals surface area contributed by atoms with Crippen LogP contribution in [0.2, 0.25) is 0 Å². The lowest BCUT2D eigenvalue weighted by atomic mass is 9.81. The third-order valence-electron chi connectivity index (χ3n) is 5.85. The van der Waals surface area contributed by atoms with Crippen LogP contribution < -0.4 is 10.9 Å². The number of aliphatic carboxylic acids is 1. The molecule has 1 saturated carbocycles. The van der Waals surface area contributed by atoms with Gasteiger partial charge in [-0.25, -0.2) is 4.79 Å². The molecule has 0 bridgehead atoms. The van der Waals surface area contributed by atoms with Gasteiger partial charge in [-0.15, -0.1) is 0 Å². The van der Waals surface area contributed by atoms with Crippen LogP contribution in [0.15, 0.2) is 41.2 Å². The Morgan fingerprint density at radius 2 is 1.79 bits per heavy atom.